The molecule has 2 aromatic rings. The quantitative estimate of drug-likeness (QED) is 0.384. The summed E-state index contributed by atoms with van der Waals surface area (Å²) >= 11 is 0. The minimum absolute atomic E-state index is 0.0844. The Balaban J connectivity index is 2.13. The molecule has 324 valence electrons. The van der Waals surface area contributed by atoms with Crippen LogP contribution in [0.5, 0.6) is 0 Å². The summed E-state index contributed by atoms with van der Waals surface area (Å²) in [7, 11) is 6.04. The fraction of sp³-hybridized carbons (Fsp3) is 0.565. The SMILES string of the molecule is CC[C@@H]1C[C@H](C)CC(=O)N(C)/C=C\CC[C@@H](C)C(=O)N[C@@H](C(C)C)C(=O)N(C)[C@@H](Cc2ccccc2)C(=O)N(C)[C@@H]([C@@H](C)O)C(=O)N(C)[C@@H](Cc2ccccc2)C(=O)O1. The van der Waals surface area contributed by atoms with E-state index in [1.54, 1.807) is 20.2 Å². The van der Waals surface area contributed by atoms with E-state index < -0.39 is 66.0 Å². The van der Waals surface area contributed by atoms with Gasteiger partial charge in [-0.15, -0.1) is 0 Å². The number of benzene rings is 2. The van der Waals surface area contributed by atoms with Crippen LogP contribution in [0.1, 0.15) is 84.8 Å². The summed E-state index contributed by atoms with van der Waals surface area (Å²) in [4.78, 5) is 89.8. The van der Waals surface area contributed by atoms with Gasteiger partial charge < -0.3 is 34.8 Å². The number of amides is 5. The van der Waals surface area contributed by atoms with Gasteiger partial charge in [-0.1, -0.05) is 101 Å². The second-order valence-electron chi connectivity index (χ2n) is 16.6. The highest BCUT2D eigenvalue weighted by Gasteiger charge is 2.42. The van der Waals surface area contributed by atoms with Crippen molar-refractivity contribution >= 4 is 35.5 Å². The normalized spacial score (nSPS) is 26.9. The Labute approximate surface area is 351 Å². The van der Waals surface area contributed by atoms with Crippen LogP contribution in [0.15, 0.2) is 72.9 Å². The van der Waals surface area contributed by atoms with Crippen molar-refractivity contribution in [1.29, 1.82) is 0 Å². The average Bonchev–Trinajstić information content (AvgIpc) is 3.20. The predicted molar refractivity (Wildman–Crippen MR) is 227 cm³/mol. The molecule has 0 saturated heterocycles. The first-order valence-corrected chi connectivity index (χ1v) is 20.9. The van der Waals surface area contributed by atoms with E-state index >= 15 is 0 Å². The molecule has 0 fully saturated rings. The van der Waals surface area contributed by atoms with Crippen molar-refractivity contribution in [3.63, 3.8) is 0 Å². The van der Waals surface area contributed by atoms with E-state index in [0.717, 1.165) is 16.0 Å². The van der Waals surface area contributed by atoms with Crippen molar-refractivity contribution in [2.24, 2.45) is 17.8 Å². The van der Waals surface area contributed by atoms with Crippen molar-refractivity contribution in [3.05, 3.63) is 84.1 Å². The number of nitrogens with zero attached hydrogens (tertiary/aromatic N) is 4. The third-order valence-electron chi connectivity index (χ3n) is 11.3. The van der Waals surface area contributed by atoms with Gasteiger partial charge >= 0.3 is 5.97 Å². The zero-order chi connectivity index (χ0) is 44.0. The largest absolute Gasteiger partial charge is 0.461 e. The van der Waals surface area contributed by atoms with E-state index in [9.17, 15) is 33.9 Å². The zero-order valence-corrected chi connectivity index (χ0v) is 36.7. The Bertz CT molecular complexity index is 1730. The number of aliphatic hydroxyl groups excluding tert-OH is 1. The molecule has 1 aliphatic rings. The number of carbonyl (C=O) groups excluding carboxylic acids is 6. The van der Waals surface area contributed by atoms with E-state index in [2.05, 4.69) is 5.32 Å². The van der Waals surface area contributed by atoms with Crippen LogP contribution >= 0.6 is 0 Å². The van der Waals surface area contributed by atoms with Gasteiger partial charge in [0.05, 0.1) is 6.10 Å². The second kappa shape index (κ2) is 22.9. The van der Waals surface area contributed by atoms with Crippen LogP contribution in [0.25, 0.3) is 0 Å². The fourth-order valence-electron chi connectivity index (χ4n) is 7.36. The first kappa shape index (κ1) is 48.3. The number of likely N-dealkylation sites (N-methyl/N-ethyl adjacent to an activating group) is 3. The number of hydrogen-bond donors (Lipinski definition) is 2. The molecule has 2 N–H and O–H groups in total. The van der Waals surface area contributed by atoms with Crippen molar-refractivity contribution < 1.29 is 38.6 Å². The van der Waals surface area contributed by atoms with Crippen LogP contribution in [-0.4, -0.2) is 125 Å². The maximum atomic E-state index is 14.7. The minimum atomic E-state index is -1.45. The predicted octanol–water partition coefficient (Wildman–Crippen LogP) is 4.61. The minimum Gasteiger partial charge on any atom is -0.461 e. The van der Waals surface area contributed by atoms with Gasteiger partial charge in [-0.2, -0.15) is 0 Å². The summed E-state index contributed by atoms with van der Waals surface area (Å²) in [6.07, 6.45) is 3.85. The first-order valence-electron chi connectivity index (χ1n) is 20.9. The number of aliphatic hydroxyl groups is 1. The number of esters is 1. The van der Waals surface area contributed by atoms with Gasteiger partial charge in [-0.25, -0.2) is 4.79 Å². The van der Waals surface area contributed by atoms with Crippen molar-refractivity contribution in [1.82, 2.24) is 24.9 Å². The van der Waals surface area contributed by atoms with Crippen LogP contribution in [0.4, 0.5) is 0 Å². The summed E-state index contributed by atoms with van der Waals surface area (Å²) < 4.78 is 6.09. The molecule has 2 aromatic carbocycles. The fourth-order valence-corrected chi connectivity index (χ4v) is 7.36. The number of ether oxygens (including phenoxy) is 1. The highest BCUT2D eigenvalue weighted by atomic mass is 16.5. The molecule has 0 aliphatic carbocycles. The van der Waals surface area contributed by atoms with E-state index in [0.29, 0.717) is 25.7 Å². The molecule has 0 unspecified atom stereocenters. The van der Waals surface area contributed by atoms with E-state index in [-0.39, 0.29) is 42.9 Å². The smallest absolute Gasteiger partial charge is 0.329 e. The third-order valence-corrected chi connectivity index (χ3v) is 11.3. The summed E-state index contributed by atoms with van der Waals surface area (Å²) in [5.74, 6) is -3.83. The number of nitrogens with one attached hydrogen (secondary N) is 1. The number of carbonyl (C=O) groups is 6. The van der Waals surface area contributed by atoms with E-state index in [1.165, 1.54) is 42.8 Å². The van der Waals surface area contributed by atoms with Crippen LogP contribution in [0.2, 0.25) is 0 Å². The Morgan fingerprint density at radius 3 is 1.83 bits per heavy atom. The highest BCUT2D eigenvalue weighted by molar-refractivity contribution is 5.95. The van der Waals surface area contributed by atoms with Gasteiger partial charge in [-0.05, 0) is 55.6 Å². The van der Waals surface area contributed by atoms with Crippen LogP contribution < -0.4 is 5.32 Å². The lowest BCUT2D eigenvalue weighted by atomic mass is 9.97. The van der Waals surface area contributed by atoms with Crippen molar-refractivity contribution in [3.8, 4) is 0 Å². The Morgan fingerprint density at radius 2 is 1.31 bits per heavy atom. The van der Waals surface area contributed by atoms with Crippen molar-refractivity contribution in [2.45, 2.75) is 123 Å². The molecule has 1 aliphatic heterocycles. The molecular formula is C46H67N5O8. The van der Waals surface area contributed by atoms with Crippen LogP contribution in [-0.2, 0) is 46.3 Å². The average molecular weight is 818 g/mol. The number of hydrogen-bond acceptors (Lipinski definition) is 8. The highest BCUT2D eigenvalue weighted by Crippen LogP contribution is 2.22. The lowest BCUT2D eigenvalue weighted by Crippen LogP contribution is -2.62. The molecule has 0 aromatic heterocycles. The lowest BCUT2D eigenvalue weighted by molar-refractivity contribution is -0.163. The van der Waals surface area contributed by atoms with E-state index in [4.69, 9.17) is 4.74 Å². The van der Waals surface area contributed by atoms with Gasteiger partial charge in [0.25, 0.3) is 0 Å². The summed E-state index contributed by atoms with van der Waals surface area (Å²) in [6, 6.07) is 13.6. The lowest BCUT2D eigenvalue weighted by Gasteiger charge is -2.39. The van der Waals surface area contributed by atoms with Gasteiger partial charge in [0.2, 0.25) is 29.5 Å². The zero-order valence-electron chi connectivity index (χ0n) is 36.7. The number of cyclic esters (lactones) is 1. The monoisotopic (exact) mass is 817 g/mol. The molecule has 59 heavy (non-hydrogen) atoms. The van der Waals surface area contributed by atoms with Gasteiger partial charge in [0, 0.05) is 59.6 Å². The molecule has 8 atom stereocenters. The second-order valence-corrected chi connectivity index (χ2v) is 16.6. The molecule has 0 radical (unpaired) electrons. The number of rotatable bonds is 7. The summed E-state index contributed by atoms with van der Waals surface area (Å²) in [5.41, 5.74) is 1.52. The molecule has 1 heterocycles. The Morgan fingerprint density at radius 1 is 0.763 bits per heavy atom. The topological polar surface area (TPSA) is 157 Å². The summed E-state index contributed by atoms with van der Waals surface area (Å²) in [5, 5.41) is 14.1. The molecule has 13 heteroatoms. The van der Waals surface area contributed by atoms with Gasteiger partial charge in [0.15, 0.2) is 0 Å². The van der Waals surface area contributed by atoms with Gasteiger partial charge in [0.1, 0.15) is 30.3 Å². The Kier molecular flexibility index (Phi) is 18.8. The molecule has 5 amide bonds. The molecule has 0 spiro atoms. The first-order chi connectivity index (χ1) is 27.9. The third kappa shape index (κ3) is 13.8. The van der Waals surface area contributed by atoms with Crippen LogP contribution in [0.3, 0.4) is 0 Å². The molecule has 0 bridgehead atoms. The standard InChI is InChI=1S/C46H67N5O8/c1-11-36-26-31(4)27-39(53)48(7)25-19-18-20-32(5)42(54)47-40(30(2)3)44(56)49(8)37(28-34-21-14-12-15-22-34)43(55)51(10)41(33(6)52)45(57)50(9)38(46(58)59-36)29-35-23-16-13-17-24-35/h12-17,19,21-25,30-33,36-38,40-41,52H,11,18,20,26-29H2,1-10H3,(H,47,54)/b25-19-/t31-,32+,33+,36+,37-,38-,40-,41-/m0/s1. The summed E-state index contributed by atoms with van der Waals surface area (Å²) in [6.45, 7) is 10.6. The van der Waals surface area contributed by atoms with Crippen molar-refractivity contribution in [2.75, 3.05) is 28.2 Å². The van der Waals surface area contributed by atoms with Gasteiger partial charge in [-0.3, -0.25) is 24.0 Å². The molecule has 3 rings (SSSR count). The van der Waals surface area contributed by atoms with E-state index in [1.807, 2.05) is 94.4 Å². The number of allylic oxidation sites excluding steroid dienone is 1. The maximum absolute atomic E-state index is 14.7. The van der Waals surface area contributed by atoms with Crippen LogP contribution in [0, 0.1) is 17.8 Å². The molecule has 0 saturated carbocycles. The molecular weight excluding hydrogens is 751 g/mol. The molecule has 13 nitrogen and oxygen atoms in total. The maximum Gasteiger partial charge on any atom is 0.329 e. The Hall–Kier alpha value is -5.04.